The van der Waals surface area contributed by atoms with Crippen molar-refractivity contribution in [3.05, 3.63) is 0 Å². The minimum atomic E-state index is -0.460. The molecule has 3 rings (SSSR count). The van der Waals surface area contributed by atoms with Gasteiger partial charge in [-0.3, -0.25) is 4.79 Å². The largest absolute Gasteiger partial charge is 0.444 e. The van der Waals surface area contributed by atoms with Crippen LogP contribution >= 0.6 is 0 Å². The number of piperidine rings is 1. The number of rotatable bonds is 1. The normalized spacial score (nSPS) is 32.9. The lowest BCUT2D eigenvalue weighted by Gasteiger charge is -2.33. The van der Waals surface area contributed by atoms with Crippen LogP contribution in [0.3, 0.4) is 0 Å². The molecule has 5 heteroatoms. The van der Waals surface area contributed by atoms with Crippen LogP contribution in [-0.4, -0.2) is 52.6 Å². The van der Waals surface area contributed by atoms with Gasteiger partial charge in [-0.2, -0.15) is 0 Å². The maximum Gasteiger partial charge on any atom is 0.410 e. The van der Waals surface area contributed by atoms with Crippen LogP contribution in [0.15, 0.2) is 0 Å². The molecular weight excluding hydrogens is 280 g/mol. The van der Waals surface area contributed by atoms with Crippen LogP contribution in [0, 0.1) is 17.8 Å². The van der Waals surface area contributed by atoms with Gasteiger partial charge in [-0.1, -0.05) is 0 Å². The zero-order valence-electron chi connectivity index (χ0n) is 14.4. The van der Waals surface area contributed by atoms with Gasteiger partial charge in [0.15, 0.2) is 0 Å². The summed E-state index contributed by atoms with van der Waals surface area (Å²) < 4.78 is 5.41. The monoisotopic (exact) mass is 308 g/mol. The van der Waals surface area contributed by atoms with Crippen LogP contribution in [0.2, 0.25) is 0 Å². The van der Waals surface area contributed by atoms with E-state index >= 15 is 0 Å². The highest BCUT2D eigenvalue weighted by molar-refractivity contribution is 5.84. The molecule has 0 aromatic rings. The molecule has 1 aliphatic carbocycles. The van der Waals surface area contributed by atoms with E-state index in [0.717, 1.165) is 19.4 Å². The Balaban J connectivity index is 1.55. The van der Waals surface area contributed by atoms with E-state index in [0.29, 0.717) is 30.8 Å². The Morgan fingerprint density at radius 2 is 1.73 bits per heavy atom. The zero-order chi connectivity index (χ0) is 16.3. The van der Waals surface area contributed by atoms with Crippen LogP contribution < -0.4 is 0 Å². The molecule has 2 aliphatic heterocycles. The van der Waals surface area contributed by atoms with E-state index < -0.39 is 5.60 Å². The molecule has 2 saturated heterocycles. The van der Waals surface area contributed by atoms with Crippen molar-refractivity contribution in [1.82, 2.24) is 9.80 Å². The maximum absolute atomic E-state index is 12.7. The predicted octanol–water partition coefficient (Wildman–Crippen LogP) is 2.50. The Kier molecular flexibility index (Phi) is 3.46. The van der Waals surface area contributed by atoms with E-state index in [9.17, 15) is 9.59 Å². The molecule has 5 nitrogen and oxygen atoms in total. The van der Waals surface area contributed by atoms with Crippen molar-refractivity contribution in [3.63, 3.8) is 0 Å². The van der Waals surface area contributed by atoms with Gasteiger partial charge in [0, 0.05) is 31.1 Å². The lowest BCUT2D eigenvalue weighted by atomic mass is 10.0. The van der Waals surface area contributed by atoms with Gasteiger partial charge in [0.25, 0.3) is 0 Å². The smallest absolute Gasteiger partial charge is 0.410 e. The van der Waals surface area contributed by atoms with Crippen molar-refractivity contribution >= 4 is 12.0 Å². The highest BCUT2D eigenvalue weighted by atomic mass is 16.6. The fourth-order valence-corrected chi connectivity index (χ4v) is 4.06. The number of fused-ring (bicyclic) bond motifs is 1. The fourth-order valence-electron chi connectivity index (χ4n) is 4.06. The molecule has 0 N–H and O–H groups in total. The van der Waals surface area contributed by atoms with Crippen molar-refractivity contribution < 1.29 is 14.3 Å². The van der Waals surface area contributed by atoms with E-state index in [2.05, 4.69) is 18.7 Å². The molecule has 0 spiro atoms. The number of nitrogens with zero attached hydrogens (tertiary/aromatic N) is 2. The number of carbonyl (C=O) groups excluding carboxylic acids is 2. The Morgan fingerprint density at radius 1 is 1.14 bits per heavy atom. The standard InChI is InChI=1S/C17H28N2O3/c1-16(2,3)22-15(21)18-9-11-12(10-18)13(11)14(20)19-8-6-7-17(19,4)5/h11-13H,6-10H2,1-5H3/t11-,12+,13?. The summed E-state index contributed by atoms with van der Waals surface area (Å²) in [6, 6.07) is 0. The first-order valence-electron chi connectivity index (χ1n) is 8.39. The number of hydrogen-bond donors (Lipinski definition) is 0. The molecule has 1 saturated carbocycles. The summed E-state index contributed by atoms with van der Waals surface area (Å²) in [6.07, 6.45) is 1.95. The van der Waals surface area contributed by atoms with Crippen molar-refractivity contribution in [2.24, 2.45) is 17.8 Å². The first-order valence-corrected chi connectivity index (χ1v) is 8.39. The van der Waals surface area contributed by atoms with Gasteiger partial charge in [0.05, 0.1) is 0 Å². The van der Waals surface area contributed by atoms with Gasteiger partial charge < -0.3 is 14.5 Å². The molecule has 2 heterocycles. The van der Waals surface area contributed by atoms with Crippen LogP contribution in [0.5, 0.6) is 0 Å². The Morgan fingerprint density at radius 3 is 2.18 bits per heavy atom. The lowest BCUT2D eigenvalue weighted by molar-refractivity contribution is -0.136. The molecule has 22 heavy (non-hydrogen) atoms. The molecule has 0 radical (unpaired) electrons. The third kappa shape index (κ3) is 2.70. The molecule has 0 aromatic carbocycles. The van der Waals surface area contributed by atoms with Crippen LogP contribution in [0.25, 0.3) is 0 Å². The van der Waals surface area contributed by atoms with E-state index in [4.69, 9.17) is 4.74 Å². The van der Waals surface area contributed by atoms with Gasteiger partial charge in [-0.05, 0) is 59.3 Å². The third-order valence-electron chi connectivity index (χ3n) is 5.30. The van der Waals surface area contributed by atoms with E-state index in [1.165, 1.54) is 0 Å². The fraction of sp³-hybridized carbons (Fsp3) is 0.882. The molecule has 124 valence electrons. The quantitative estimate of drug-likeness (QED) is 0.748. The summed E-state index contributed by atoms with van der Waals surface area (Å²) in [4.78, 5) is 28.6. The van der Waals surface area contributed by atoms with E-state index in [-0.39, 0.29) is 17.6 Å². The average Bonchev–Trinajstić information content (AvgIpc) is 2.71. The maximum atomic E-state index is 12.7. The van der Waals surface area contributed by atoms with Crippen LogP contribution in [-0.2, 0) is 9.53 Å². The molecule has 2 amide bonds. The van der Waals surface area contributed by atoms with Crippen LogP contribution in [0.1, 0.15) is 47.5 Å². The van der Waals surface area contributed by atoms with Gasteiger partial charge in [-0.15, -0.1) is 0 Å². The summed E-state index contributed by atoms with van der Waals surface area (Å²) in [6.45, 7) is 12.2. The molecule has 3 aliphatic rings. The number of likely N-dealkylation sites (tertiary alicyclic amines) is 2. The Hall–Kier alpha value is -1.26. The summed E-state index contributed by atoms with van der Waals surface area (Å²) >= 11 is 0. The summed E-state index contributed by atoms with van der Waals surface area (Å²) in [5, 5.41) is 0. The second kappa shape index (κ2) is 4.87. The van der Waals surface area contributed by atoms with E-state index in [1.807, 2.05) is 20.8 Å². The number of amides is 2. The second-order valence-electron chi connectivity index (χ2n) is 8.64. The van der Waals surface area contributed by atoms with Crippen molar-refractivity contribution in [1.29, 1.82) is 0 Å². The van der Waals surface area contributed by atoms with Crippen molar-refractivity contribution in [3.8, 4) is 0 Å². The van der Waals surface area contributed by atoms with E-state index in [1.54, 1.807) is 4.90 Å². The van der Waals surface area contributed by atoms with Gasteiger partial charge >= 0.3 is 6.09 Å². The minimum absolute atomic E-state index is 0.00117. The molecule has 0 bridgehead atoms. The molecule has 3 fully saturated rings. The first kappa shape index (κ1) is 15.6. The third-order valence-corrected chi connectivity index (χ3v) is 5.30. The topological polar surface area (TPSA) is 49.9 Å². The molecular formula is C17H28N2O3. The zero-order valence-corrected chi connectivity index (χ0v) is 14.4. The summed E-state index contributed by atoms with van der Waals surface area (Å²) in [7, 11) is 0. The minimum Gasteiger partial charge on any atom is -0.444 e. The highest BCUT2D eigenvalue weighted by Crippen LogP contribution is 2.53. The Bertz CT molecular complexity index is 483. The van der Waals surface area contributed by atoms with Crippen molar-refractivity contribution in [2.75, 3.05) is 19.6 Å². The highest BCUT2D eigenvalue weighted by Gasteiger charge is 2.62. The molecule has 1 unspecified atom stereocenters. The SMILES string of the molecule is CC(C)(C)OC(=O)N1C[C@@H]2C(C(=O)N3CCCC3(C)C)[C@@H]2C1. The van der Waals surface area contributed by atoms with Gasteiger partial charge in [-0.25, -0.2) is 4.79 Å². The number of ether oxygens (including phenoxy) is 1. The van der Waals surface area contributed by atoms with Gasteiger partial charge in [0.1, 0.15) is 5.60 Å². The van der Waals surface area contributed by atoms with Gasteiger partial charge in [0.2, 0.25) is 5.91 Å². The first-order chi connectivity index (χ1) is 10.1. The number of hydrogen-bond acceptors (Lipinski definition) is 3. The second-order valence-corrected chi connectivity index (χ2v) is 8.64. The predicted molar refractivity (Wildman–Crippen MR) is 83.3 cm³/mol. The molecule has 3 atom stereocenters. The Labute approximate surface area is 133 Å². The lowest BCUT2D eigenvalue weighted by Crippen LogP contribution is -2.45. The molecule has 0 aromatic heterocycles. The summed E-state index contributed by atoms with van der Waals surface area (Å²) in [5.74, 6) is 1.13. The van der Waals surface area contributed by atoms with Crippen LogP contribution in [0.4, 0.5) is 4.79 Å². The average molecular weight is 308 g/mol. The number of carbonyl (C=O) groups is 2. The van der Waals surface area contributed by atoms with Crippen molar-refractivity contribution in [2.45, 2.75) is 58.6 Å². The summed E-state index contributed by atoms with van der Waals surface area (Å²) in [5.41, 5.74) is -0.461.